The number of anilines is 1. The Balaban J connectivity index is 1.61. The minimum absolute atomic E-state index is 0.263. The van der Waals surface area contributed by atoms with Crippen LogP contribution in [0.3, 0.4) is 0 Å². The van der Waals surface area contributed by atoms with Gasteiger partial charge in [0.15, 0.2) is 0 Å². The highest BCUT2D eigenvalue weighted by Crippen LogP contribution is 2.31. The van der Waals surface area contributed by atoms with E-state index in [1.807, 2.05) is 6.92 Å². The lowest BCUT2D eigenvalue weighted by atomic mass is 9.82. The molecule has 0 aliphatic heterocycles. The molecule has 0 saturated heterocycles. The predicted molar refractivity (Wildman–Crippen MR) is 135 cm³/mol. The van der Waals surface area contributed by atoms with Crippen molar-refractivity contribution in [3.8, 4) is 11.8 Å². The van der Waals surface area contributed by atoms with Crippen LogP contribution >= 0.6 is 11.6 Å². The van der Waals surface area contributed by atoms with Crippen molar-refractivity contribution in [2.24, 2.45) is 11.8 Å². The van der Waals surface area contributed by atoms with Crippen LogP contribution < -0.4 is 15.4 Å². The van der Waals surface area contributed by atoms with E-state index >= 15 is 0 Å². The zero-order valence-electron chi connectivity index (χ0n) is 20.4. The number of aliphatic carboxylic acids is 1. The van der Waals surface area contributed by atoms with E-state index in [0.29, 0.717) is 55.3 Å². The molecule has 0 bridgehead atoms. The summed E-state index contributed by atoms with van der Waals surface area (Å²) in [5.74, 6) is -0.0146. The van der Waals surface area contributed by atoms with E-state index in [1.54, 1.807) is 31.4 Å². The number of carboxylic acid groups (broad SMARTS) is 1. The summed E-state index contributed by atoms with van der Waals surface area (Å²) in [5, 5.41) is 24.8. The van der Waals surface area contributed by atoms with Crippen molar-refractivity contribution in [3.63, 3.8) is 0 Å². The maximum atomic E-state index is 12.6. The van der Waals surface area contributed by atoms with Crippen molar-refractivity contribution < 1.29 is 24.2 Å². The lowest BCUT2D eigenvalue weighted by molar-refractivity contribution is -0.143. The summed E-state index contributed by atoms with van der Waals surface area (Å²) < 4.78 is 10.8. The molecule has 1 aromatic carbocycles. The zero-order valence-corrected chi connectivity index (χ0v) is 21.2. The minimum Gasteiger partial charge on any atom is -0.491 e. The van der Waals surface area contributed by atoms with Gasteiger partial charge in [-0.1, -0.05) is 11.6 Å². The number of carbonyl (C=O) groups is 2. The van der Waals surface area contributed by atoms with Gasteiger partial charge in [0.05, 0.1) is 40.8 Å². The number of benzene rings is 1. The average Bonchev–Trinajstić information content (AvgIpc) is 2.88. The fourth-order valence-corrected chi connectivity index (χ4v) is 4.45. The minimum atomic E-state index is -0.742. The van der Waals surface area contributed by atoms with Crippen LogP contribution in [-0.4, -0.2) is 48.8 Å². The number of methoxy groups -OCH3 is 1. The highest BCUT2D eigenvalue weighted by atomic mass is 35.5. The molecule has 3 rings (SSSR count). The zero-order chi connectivity index (χ0) is 26.1. The second-order valence-corrected chi connectivity index (χ2v) is 9.30. The van der Waals surface area contributed by atoms with E-state index in [2.05, 4.69) is 21.7 Å². The quantitative estimate of drug-likeness (QED) is 0.375. The molecule has 1 heterocycles. The van der Waals surface area contributed by atoms with Crippen molar-refractivity contribution >= 4 is 29.3 Å². The lowest BCUT2D eigenvalue weighted by Crippen LogP contribution is -2.32. The van der Waals surface area contributed by atoms with Gasteiger partial charge in [-0.25, -0.2) is 4.98 Å². The van der Waals surface area contributed by atoms with Crippen LogP contribution in [0.1, 0.15) is 60.1 Å². The monoisotopic (exact) mass is 514 g/mol. The molecule has 192 valence electrons. The molecule has 1 amide bonds. The van der Waals surface area contributed by atoms with Crippen LogP contribution in [-0.2, 0) is 9.53 Å². The summed E-state index contributed by atoms with van der Waals surface area (Å²) in [6.45, 7) is 3.19. The van der Waals surface area contributed by atoms with Crippen molar-refractivity contribution in [2.45, 2.75) is 38.6 Å². The number of pyridine rings is 1. The first-order valence-corrected chi connectivity index (χ1v) is 12.3. The molecule has 1 saturated carbocycles. The average molecular weight is 515 g/mol. The Morgan fingerprint density at radius 1 is 1.25 bits per heavy atom. The molecule has 0 unspecified atom stereocenters. The van der Waals surface area contributed by atoms with Crippen molar-refractivity contribution in [3.05, 3.63) is 52.2 Å². The summed E-state index contributed by atoms with van der Waals surface area (Å²) in [5.41, 5.74) is 1.61. The molecular formula is C26H31ClN4O5. The number of rotatable bonds is 11. The molecule has 0 radical (unpaired) electrons. The molecule has 1 atom stereocenters. The molecule has 1 aliphatic carbocycles. The van der Waals surface area contributed by atoms with Gasteiger partial charge in [0.25, 0.3) is 5.91 Å². The van der Waals surface area contributed by atoms with E-state index in [9.17, 15) is 14.9 Å². The van der Waals surface area contributed by atoms with Gasteiger partial charge in [-0.15, -0.1) is 0 Å². The summed E-state index contributed by atoms with van der Waals surface area (Å²) >= 11 is 6.44. The third kappa shape index (κ3) is 7.33. The molecule has 3 N–H and O–H groups in total. The number of ether oxygens (including phenoxy) is 2. The Hall–Kier alpha value is -3.35. The van der Waals surface area contributed by atoms with Gasteiger partial charge in [0, 0.05) is 25.4 Å². The summed E-state index contributed by atoms with van der Waals surface area (Å²) in [4.78, 5) is 28.1. The van der Waals surface area contributed by atoms with Crippen LogP contribution in [0.15, 0.2) is 30.5 Å². The molecule has 1 fully saturated rings. The summed E-state index contributed by atoms with van der Waals surface area (Å²) in [7, 11) is 1.59. The highest BCUT2D eigenvalue weighted by Gasteiger charge is 2.26. The molecule has 1 aromatic heterocycles. The van der Waals surface area contributed by atoms with E-state index in [1.165, 1.54) is 6.20 Å². The predicted octanol–water partition coefficient (Wildman–Crippen LogP) is 4.43. The van der Waals surface area contributed by atoms with Crippen LogP contribution in [0.4, 0.5) is 5.82 Å². The Morgan fingerprint density at radius 2 is 2.00 bits per heavy atom. The van der Waals surface area contributed by atoms with Gasteiger partial charge in [-0.3, -0.25) is 9.59 Å². The number of hydrogen-bond donors (Lipinski definition) is 3. The number of nitriles is 1. The largest absolute Gasteiger partial charge is 0.491 e. The highest BCUT2D eigenvalue weighted by molar-refractivity contribution is 6.33. The van der Waals surface area contributed by atoms with Gasteiger partial charge < -0.3 is 25.2 Å². The summed E-state index contributed by atoms with van der Waals surface area (Å²) in [6.07, 6.45) is 4.29. The first kappa shape index (κ1) is 27.2. The number of carbonyl (C=O) groups excluding carboxylic acids is 1. The number of aromatic nitrogens is 1. The van der Waals surface area contributed by atoms with E-state index in [4.69, 9.17) is 26.2 Å². The fraction of sp³-hybridized carbons (Fsp3) is 0.462. The maximum Gasteiger partial charge on any atom is 0.306 e. The van der Waals surface area contributed by atoms with Crippen LogP contribution in [0, 0.1) is 23.2 Å². The standard InChI is InChI=1S/C26H31ClN4O5/c1-16(21-11-18(13-28)5-8-23(21)36-10-9-35-2)31-24-22(27)12-20(15-29-24)25(32)30-14-17-3-6-19(7-4-17)26(33)34/h5,8,11-12,15-17,19H,3-4,6-7,9-10,14H2,1-2H3,(H,29,31)(H,30,32)(H,33,34)/t16-,17?,19?/m0/s1. The molecular weight excluding hydrogens is 484 g/mol. The molecule has 9 nitrogen and oxygen atoms in total. The molecule has 10 heteroatoms. The van der Waals surface area contributed by atoms with Crippen LogP contribution in [0.2, 0.25) is 5.02 Å². The van der Waals surface area contributed by atoms with Crippen LogP contribution in [0.25, 0.3) is 0 Å². The normalized spacial score (nSPS) is 18.1. The first-order chi connectivity index (χ1) is 17.3. The number of hydrogen-bond acceptors (Lipinski definition) is 7. The number of carboxylic acids is 1. The Kier molecular flexibility index (Phi) is 9.91. The smallest absolute Gasteiger partial charge is 0.306 e. The lowest BCUT2D eigenvalue weighted by Gasteiger charge is -2.26. The first-order valence-electron chi connectivity index (χ1n) is 11.9. The number of nitrogens with one attached hydrogen (secondary N) is 2. The van der Waals surface area contributed by atoms with E-state index < -0.39 is 5.97 Å². The SMILES string of the molecule is COCCOc1ccc(C#N)cc1[C@H](C)Nc1ncc(C(=O)NCC2CCC(C(=O)O)CC2)cc1Cl. The molecule has 1 aliphatic rings. The summed E-state index contributed by atoms with van der Waals surface area (Å²) in [6, 6.07) is 8.59. The van der Waals surface area contributed by atoms with Gasteiger partial charge in [0.1, 0.15) is 18.2 Å². The van der Waals surface area contributed by atoms with Gasteiger partial charge in [-0.2, -0.15) is 5.26 Å². The van der Waals surface area contributed by atoms with Crippen molar-refractivity contribution in [1.82, 2.24) is 10.3 Å². The third-order valence-electron chi connectivity index (χ3n) is 6.35. The van der Waals surface area contributed by atoms with Crippen LogP contribution in [0.5, 0.6) is 5.75 Å². The van der Waals surface area contributed by atoms with E-state index in [0.717, 1.165) is 18.4 Å². The Morgan fingerprint density at radius 3 is 2.64 bits per heavy atom. The van der Waals surface area contributed by atoms with Crippen molar-refractivity contribution in [1.29, 1.82) is 5.26 Å². The van der Waals surface area contributed by atoms with Gasteiger partial charge >= 0.3 is 5.97 Å². The second kappa shape index (κ2) is 13.1. The van der Waals surface area contributed by atoms with Crippen molar-refractivity contribution in [2.75, 3.05) is 32.2 Å². The Bertz CT molecular complexity index is 1110. The molecule has 2 aromatic rings. The molecule has 0 spiro atoms. The number of nitrogens with zero attached hydrogens (tertiary/aromatic N) is 2. The van der Waals surface area contributed by atoms with E-state index in [-0.39, 0.29) is 28.8 Å². The number of halogens is 1. The Labute approximate surface area is 215 Å². The van der Waals surface area contributed by atoms with Gasteiger partial charge in [-0.05, 0) is 62.8 Å². The topological polar surface area (TPSA) is 134 Å². The third-order valence-corrected chi connectivity index (χ3v) is 6.64. The molecule has 36 heavy (non-hydrogen) atoms. The fourth-order valence-electron chi connectivity index (χ4n) is 4.23. The number of amides is 1. The second-order valence-electron chi connectivity index (χ2n) is 8.89. The maximum absolute atomic E-state index is 12.6. The van der Waals surface area contributed by atoms with Gasteiger partial charge in [0.2, 0.25) is 0 Å².